The second kappa shape index (κ2) is 5.33. The average molecular weight is 266 g/mol. The van der Waals surface area contributed by atoms with Gasteiger partial charge in [-0.2, -0.15) is 0 Å². The Hall–Kier alpha value is -2.36. The molecule has 0 aliphatic heterocycles. The van der Waals surface area contributed by atoms with E-state index in [-0.39, 0.29) is 0 Å². The Labute approximate surface area is 118 Å². The van der Waals surface area contributed by atoms with Gasteiger partial charge in [0.2, 0.25) is 0 Å². The second-order valence-electron chi connectivity index (χ2n) is 4.94. The Morgan fingerprint density at radius 1 is 1.20 bits per heavy atom. The summed E-state index contributed by atoms with van der Waals surface area (Å²) in [5.41, 5.74) is 4.54. The van der Waals surface area contributed by atoms with Gasteiger partial charge in [0, 0.05) is 31.9 Å². The number of nitrogens with one attached hydrogen (secondary N) is 1. The number of imidazole rings is 1. The highest BCUT2D eigenvalue weighted by atomic mass is 15.1. The van der Waals surface area contributed by atoms with Gasteiger partial charge in [0.15, 0.2) is 0 Å². The lowest BCUT2D eigenvalue weighted by Gasteiger charge is -2.09. The first kappa shape index (κ1) is 12.7. The van der Waals surface area contributed by atoms with E-state index < -0.39 is 0 Å². The van der Waals surface area contributed by atoms with Crippen molar-refractivity contribution in [3.05, 3.63) is 54.1 Å². The molecule has 0 atom stereocenters. The van der Waals surface area contributed by atoms with E-state index in [0.717, 1.165) is 29.8 Å². The summed E-state index contributed by atoms with van der Waals surface area (Å²) in [4.78, 5) is 8.80. The van der Waals surface area contributed by atoms with Gasteiger partial charge >= 0.3 is 0 Å². The van der Waals surface area contributed by atoms with Crippen molar-refractivity contribution in [3.63, 3.8) is 0 Å². The Bertz CT molecular complexity index is 730. The van der Waals surface area contributed by atoms with Crippen LogP contribution < -0.4 is 5.32 Å². The van der Waals surface area contributed by atoms with Crippen molar-refractivity contribution >= 4 is 16.7 Å². The Kier molecular flexibility index (Phi) is 3.37. The normalized spacial score (nSPS) is 10.9. The lowest BCUT2D eigenvalue weighted by Crippen LogP contribution is -2.09. The standard InChI is InChI=1S/C16H18N4/c1-12-5-3-4-6-13(12)18-10-8-16-19-14-7-9-17-11-15(14)20(16)2/h3-7,9,11,18H,8,10H2,1-2H3. The summed E-state index contributed by atoms with van der Waals surface area (Å²) >= 11 is 0. The molecule has 0 amide bonds. The fourth-order valence-electron chi connectivity index (χ4n) is 2.39. The van der Waals surface area contributed by atoms with Crippen LogP contribution in [0.25, 0.3) is 11.0 Å². The highest BCUT2D eigenvalue weighted by Gasteiger charge is 2.07. The zero-order valence-corrected chi connectivity index (χ0v) is 11.8. The van der Waals surface area contributed by atoms with Crippen LogP contribution in [0.2, 0.25) is 0 Å². The molecule has 0 saturated heterocycles. The number of fused-ring (bicyclic) bond motifs is 1. The molecule has 102 valence electrons. The van der Waals surface area contributed by atoms with Crippen LogP contribution in [0.5, 0.6) is 0 Å². The fraction of sp³-hybridized carbons (Fsp3) is 0.250. The molecule has 2 aromatic heterocycles. The first-order valence-electron chi connectivity index (χ1n) is 6.80. The van der Waals surface area contributed by atoms with Crippen LogP contribution in [0, 0.1) is 6.92 Å². The molecule has 2 heterocycles. The number of hydrogen-bond donors (Lipinski definition) is 1. The van der Waals surface area contributed by atoms with Gasteiger partial charge in [-0.05, 0) is 24.6 Å². The molecule has 0 bridgehead atoms. The number of benzene rings is 1. The number of rotatable bonds is 4. The van der Waals surface area contributed by atoms with Crippen molar-refractivity contribution in [2.75, 3.05) is 11.9 Å². The molecule has 0 fully saturated rings. The van der Waals surface area contributed by atoms with E-state index in [2.05, 4.69) is 51.0 Å². The van der Waals surface area contributed by atoms with Gasteiger partial charge < -0.3 is 9.88 Å². The number of nitrogens with zero attached hydrogens (tertiary/aromatic N) is 3. The molecule has 0 radical (unpaired) electrons. The van der Waals surface area contributed by atoms with E-state index in [1.165, 1.54) is 11.3 Å². The van der Waals surface area contributed by atoms with Gasteiger partial charge in [-0.1, -0.05) is 18.2 Å². The molecule has 1 N–H and O–H groups in total. The van der Waals surface area contributed by atoms with Gasteiger partial charge in [-0.3, -0.25) is 4.98 Å². The highest BCUT2D eigenvalue weighted by Crippen LogP contribution is 2.15. The van der Waals surface area contributed by atoms with Crippen LogP contribution in [-0.4, -0.2) is 21.1 Å². The minimum Gasteiger partial charge on any atom is -0.384 e. The molecule has 0 unspecified atom stereocenters. The smallest absolute Gasteiger partial charge is 0.111 e. The predicted molar refractivity (Wildman–Crippen MR) is 81.9 cm³/mol. The first-order chi connectivity index (χ1) is 9.75. The minimum absolute atomic E-state index is 0.870. The topological polar surface area (TPSA) is 42.7 Å². The third-order valence-corrected chi connectivity index (χ3v) is 3.58. The summed E-state index contributed by atoms with van der Waals surface area (Å²) < 4.78 is 2.11. The van der Waals surface area contributed by atoms with Crippen LogP contribution in [0.15, 0.2) is 42.7 Å². The Balaban J connectivity index is 1.71. The van der Waals surface area contributed by atoms with Gasteiger partial charge in [0.1, 0.15) is 5.82 Å². The molecule has 1 aromatic carbocycles. The van der Waals surface area contributed by atoms with Crippen molar-refractivity contribution in [1.29, 1.82) is 0 Å². The second-order valence-corrected chi connectivity index (χ2v) is 4.94. The molecule has 0 aliphatic rings. The van der Waals surface area contributed by atoms with Crippen molar-refractivity contribution in [2.24, 2.45) is 7.05 Å². The summed E-state index contributed by atoms with van der Waals surface area (Å²) in [5, 5.41) is 3.46. The molecular weight excluding hydrogens is 248 g/mol. The summed E-state index contributed by atoms with van der Waals surface area (Å²) in [5.74, 6) is 1.08. The van der Waals surface area contributed by atoms with Gasteiger partial charge in [0.05, 0.1) is 17.2 Å². The lowest BCUT2D eigenvalue weighted by molar-refractivity contribution is 0.807. The molecule has 3 rings (SSSR count). The lowest BCUT2D eigenvalue weighted by atomic mass is 10.2. The van der Waals surface area contributed by atoms with Gasteiger partial charge in [-0.15, -0.1) is 0 Å². The third-order valence-electron chi connectivity index (χ3n) is 3.58. The molecule has 4 nitrogen and oxygen atoms in total. The molecule has 4 heteroatoms. The number of hydrogen-bond acceptors (Lipinski definition) is 3. The van der Waals surface area contributed by atoms with Crippen molar-refractivity contribution in [3.8, 4) is 0 Å². The summed E-state index contributed by atoms with van der Waals surface area (Å²) in [6.45, 7) is 2.98. The summed E-state index contributed by atoms with van der Waals surface area (Å²) in [6, 6.07) is 10.3. The van der Waals surface area contributed by atoms with E-state index in [4.69, 9.17) is 0 Å². The molecule has 0 aliphatic carbocycles. The van der Waals surface area contributed by atoms with E-state index in [9.17, 15) is 0 Å². The maximum Gasteiger partial charge on any atom is 0.111 e. The van der Waals surface area contributed by atoms with Crippen LogP contribution in [0.4, 0.5) is 5.69 Å². The Morgan fingerprint density at radius 2 is 2.05 bits per heavy atom. The van der Waals surface area contributed by atoms with Gasteiger partial charge in [-0.25, -0.2) is 4.98 Å². The molecule has 20 heavy (non-hydrogen) atoms. The van der Waals surface area contributed by atoms with Crippen molar-refractivity contribution < 1.29 is 0 Å². The number of pyridine rings is 1. The van der Waals surface area contributed by atoms with Crippen LogP contribution in [0.1, 0.15) is 11.4 Å². The number of aromatic nitrogens is 3. The first-order valence-corrected chi connectivity index (χ1v) is 6.80. The average Bonchev–Trinajstić information content (AvgIpc) is 2.78. The van der Waals surface area contributed by atoms with E-state index in [1.54, 1.807) is 6.20 Å². The molecule has 0 spiro atoms. The molecule has 3 aromatic rings. The van der Waals surface area contributed by atoms with Gasteiger partial charge in [0.25, 0.3) is 0 Å². The number of para-hydroxylation sites is 1. The third kappa shape index (κ3) is 2.37. The zero-order chi connectivity index (χ0) is 13.9. The maximum atomic E-state index is 4.65. The van der Waals surface area contributed by atoms with Crippen molar-refractivity contribution in [1.82, 2.24) is 14.5 Å². The Morgan fingerprint density at radius 3 is 2.85 bits per heavy atom. The highest BCUT2D eigenvalue weighted by molar-refractivity contribution is 5.74. The number of anilines is 1. The summed E-state index contributed by atoms with van der Waals surface area (Å²) in [7, 11) is 2.04. The largest absolute Gasteiger partial charge is 0.384 e. The van der Waals surface area contributed by atoms with Crippen LogP contribution in [0.3, 0.4) is 0 Å². The molecular formula is C16H18N4. The maximum absolute atomic E-state index is 4.65. The quantitative estimate of drug-likeness (QED) is 0.789. The van der Waals surface area contributed by atoms with Crippen molar-refractivity contribution in [2.45, 2.75) is 13.3 Å². The van der Waals surface area contributed by atoms with Crippen LogP contribution >= 0.6 is 0 Å². The SMILES string of the molecule is Cc1ccccc1NCCc1nc2ccncc2n1C. The number of aryl methyl sites for hydroxylation is 2. The zero-order valence-electron chi connectivity index (χ0n) is 11.8. The fourth-order valence-corrected chi connectivity index (χ4v) is 2.39. The summed E-state index contributed by atoms with van der Waals surface area (Å²) in [6.07, 6.45) is 4.53. The van der Waals surface area contributed by atoms with E-state index in [0.29, 0.717) is 0 Å². The van der Waals surface area contributed by atoms with Crippen LogP contribution in [-0.2, 0) is 13.5 Å². The van der Waals surface area contributed by atoms with E-state index in [1.807, 2.05) is 19.3 Å². The minimum atomic E-state index is 0.870. The monoisotopic (exact) mass is 266 g/mol. The molecule has 0 saturated carbocycles. The van der Waals surface area contributed by atoms with E-state index >= 15 is 0 Å². The predicted octanol–water partition coefficient (Wildman–Crippen LogP) is 2.93.